The molecule has 1 aliphatic heterocycles. The number of likely N-dealkylation sites (N-methyl/N-ethyl adjacent to an activating group) is 1. The lowest BCUT2D eigenvalue weighted by Crippen LogP contribution is -2.43. The second kappa shape index (κ2) is 5.91. The van der Waals surface area contributed by atoms with Crippen molar-refractivity contribution in [3.05, 3.63) is 15.6 Å². The molecular formula is C13H21N3OS. The highest BCUT2D eigenvalue weighted by Gasteiger charge is 2.18. The summed E-state index contributed by atoms with van der Waals surface area (Å²) in [7, 11) is 2.16. The Kier molecular flexibility index (Phi) is 4.48. The molecule has 1 fully saturated rings. The lowest BCUT2D eigenvalue weighted by Gasteiger charge is -2.31. The van der Waals surface area contributed by atoms with E-state index in [9.17, 15) is 4.79 Å². The summed E-state index contributed by atoms with van der Waals surface area (Å²) in [6.07, 6.45) is 0.841. The predicted octanol–water partition coefficient (Wildman–Crippen LogP) is 1.66. The Morgan fingerprint density at radius 2 is 2.00 bits per heavy atom. The fourth-order valence-electron chi connectivity index (χ4n) is 2.18. The molecule has 0 aromatic carbocycles. The van der Waals surface area contributed by atoms with Crippen LogP contribution in [0.1, 0.15) is 34.2 Å². The molecule has 2 rings (SSSR count). The molecule has 0 N–H and O–H groups in total. The normalized spacial score (nSPS) is 18.2. The van der Waals surface area contributed by atoms with Gasteiger partial charge in [-0.1, -0.05) is 6.92 Å². The van der Waals surface area contributed by atoms with E-state index in [1.807, 2.05) is 0 Å². The van der Waals surface area contributed by atoms with Gasteiger partial charge in [0, 0.05) is 33.1 Å². The number of aromatic nitrogens is 1. The van der Waals surface area contributed by atoms with Crippen LogP contribution in [-0.2, 0) is 13.0 Å². The number of carbonyl (C=O) groups excluding carboxylic acids is 1. The van der Waals surface area contributed by atoms with E-state index in [0.717, 1.165) is 54.7 Å². The average molecular weight is 267 g/mol. The minimum absolute atomic E-state index is 0.147. The van der Waals surface area contributed by atoms with Crippen molar-refractivity contribution in [2.24, 2.45) is 0 Å². The van der Waals surface area contributed by atoms with Crippen molar-refractivity contribution in [1.82, 2.24) is 14.8 Å². The number of hydrogen-bond donors (Lipinski definition) is 0. The summed E-state index contributed by atoms with van der Waals surface area (Å²) in [6, 6.07) is 0. The predicted molar refractivity (Wildman–Crippen MR) is 74.3 cm³/mol. The van der Waals surface area contributed by atoms with Crippen LogP contribution in [0.15, 0.2) is 0 Å². The van der Waals surface area contributed by atoms with E-state index in [4.69, 9.17) is 0 Å². The Hall–Kier alpha value is -0.780. The van der Waals surface area contributed by atoms with Gasteiger partial charge >= 0.3 is 0 Å². The Bertz CT molecular complexity index is 422. The van der Waals surface area contributed by atoms with E-state index >= 15 is 0 Å². The Morgan fingerprint density at radius 3 is 2.50 bits per heavy atom. The van der Waals surface area contributed by atoms with Crippen molar-refractivity contribution >= 4 is 17.1 Å². The quantitative estimate of drug-likeness (QED) is 0.777. The monoisotopic (exact) mass is 267 g/mol. The summed E-state index contributed by atoms with van der Waals surface area (Å²) in [5.74, 6) is 0.147. The molecule has 5 heteroatoms. The summed E-state index contributed by atoms with van der Waals surface area (Å²) < 4.78 is 0. The lowest BCUT2D eigenvalue weighted by atomic mass is 10.2. The molecule has 0 atom stereocenters. The van der Waals surface area contributed by atoms with Crippen LogP contribution in [0, 0.1) is 0 Å². The average Bonchev–Trinajstić information content (AvgIpc) is 2.75. The van der Waals surface area contributed by atoms with Crippen LogP contribution >= 0.6 is 11.3 Å². The van der Waals surface area contributed by atoms with Crippen LogP contribution < -0.4 is 0 Å². The molecule has 18 heavy (non-hydrogen) atoms. The third kappa shape index (κ3) is 3.16. The van der Waals surface area contributed by atoms with Gasteiger partial charge in [-0.2, -0.15) is 0 Å². The summed E-state index contributed by atoms with van der Waals surface area (Å²) in [4.78, 5) is 21.7. The van der Waals surface area contributed by atoms with Crippen molar-refractivity contribution in [2.45, 2.75) is 26.8 Å². The van der Waals surface area contributed by atoms with Crippen LogP contribution in [-0.4, -0.2) is 53.8 Å². The number of ketones is 1. The molecule has 0 amide bonds. The molecule has 0 radical (unpaired) electrons. The van der Waals surface area contributed by atoms with Gasteiger partial charge < -0.3 is 4.90 Å². The van der Waals surface area contributed by atoms with Crippen molar-refractivity contribution in [2.75, 3.05) is 33.2 Å². The maximum atomic E-state index is 11.5. The van der Waals surface area contributed by atoms with E-state index in [0.29, 0.717) is 0 Å². The van der Waals surface area contributed by atoms with Crippen LogP contribution in [0.25, 0.3) is 0 Å². The number of piperazine rings is 1. The van der Waals surface area contributed by atoms with E-state index in [1.54, 1.807) is 18.3 Å². The smallest absolute Gasteiger partial charge is 0.171 e. The number of Topliss-reactive ketones (excluding diaryl/α,β-unsaturated/α-hetero) is 1. The SMILES string of the molecule is CCc1nc(CN2CCN(C)CC2)sc1C(C)=O. The van der Waals surface area contributed by atoms with Gasteiger partial charge in [-0.3, -0.25) is 9.69 Å². The van der Waals surface area contributed by atoms with Gasteiger partial charge in [0.15, 0.2) is 5.78 Å². The van der Waals surface area contributed by atoms with E-state index in [-0.39, 0.29) is 5.78 Å². The molecule has 1 aromatic heterocycles. The molecule has 0 saturated carbocycles. The second-order valence-corrected chi connectivity index (χ2v) is 5.96. The summed E-state index contributed by atoms with van der Waals surface area (Å²) in [5.41, 5.74) is 0.969. The largest absolute Gasteiger partial charge is 0.304 e. The molecule has 100 valence electrons. The van der Waals surface area contributed by atoms with Crippen molar-refractivity contribution in [3.8, 4) is 0 Å². The Labute approximate surface area is 113 Å². The summed E-state index contributed by atoms with van der Waals surface area (Å²) in [6.45, 7) is 8.99. The van der Waals surface area contributed by atoms with Gasteiger partial charge in [0.25, 0.3) is 0 Å². The van der Waals surface area contributed by atoms with Gasteiger partial charge in [0.05, 0.1) is 17.1 Å². The fraction of sp³-hybridized carbons (Fsp3) is 0.692. The van der Waals surface area contributed by atoms with Gasteiger partial charge in [0.2, 0.25) is 0 Å². The molecule has 1 saturated heterocycles. The topological polar surface area (TPSA) is 36.4 Å². The number of aryl methyl sites for hydroxylation is 1. The maximum absolute atomic E-state index is 11.5. The van der Waals surface area contributed by atoms with Crippen molar-refractivity contribution in [3.63, 3.8) is 0 Å². The first kappa shape index (κ1) is 13.6. The molecule has 4 nitrogen and oxygen atoms in total. The minimum atomic E-state index is 0.147. The number of hydrogen-bond acceptors (Lipinski definition) is 5. The number of carbonyl (C=O) groups is 1. The molecule has 0 unspecified atom stereocenters. The number of rotatable bonds is 4. The molecule has 2 heterocycles. The van der Waals surface area contributed by atoms with Crippen molar-refractivity contribution in [1.29, 1.82) is 0 Å². The third-order valence-corrected chi connectivity index (χ3v) is 4.53. The Balaban J connectivity index is 2.03. The standard InChI is InChI=1S/C13H21N3OS/c1-4-11-13(10(2)17)18-12(14-11)9-16-7-5-15(3)6-8-16/h4-9H2,1-3H3. The lowest BCUT2D eigenvalue weighted by molar-refractivity contribution is 0.102. The minimum Gasteiger partial charge on any atom is -0.304 e. The first-order valence-corrected chi connectivity index (χ1v) is 7.32. The zero-order valence-corrected chi connectivity index (χ0v) is 12.2. The van der Waals surface area contributed by atoms with Gasteiger partial charge in [-0.05, 0) is 13.5 Å². The van der Waals surface area contributed by atoms with Crippen molar-refractivity contribution < 1.29 is 4.79 Å². The molecule has 1 aromatic rings. The third-order valence-electron chi connectivity index (χ3n) is 3.35. The maximum Gasteiger partial charge on any atom is 0.171 e. The van der Waals surface area contributed by atoms with E-state index < -0.39 is 0 Å². The molecule has 0 bridgehead atoms. The van der Waals surface area contributed by atoms with Gasteiger partial charge in [-0.25, -0.2) is 4.98 Å². The zero-order chi connectivity index (χ0) is 13.1. The highest BCUT2D eigenvalue weighted by Crippen LogP contribution is 2.21. The number of thiazole rings is 1. The van der Waals surface area contributed by atoms with E-state index in [2.05, 4.69) is 28.8 Å². The Morgan fingerprint density at radius 1 is 1.33 bits per heavy atom. The van der Waals surface area contributed by atoms with Gasteiger partial charge in [0.1, 0.15) is 5.01 Å². The molecule has 0 aliphatic carbocycles. The molecule has 0 spiro atoms. The second-order valence-electron chi connectivity index (χ2n) is 4.87. The summed E-state index contributed by atoms with van der Waals surface area (Å²) in [5, 5.41) is 1.08. The van der Waals surface area contributed by atoms with Crippen LogP contribution in [0.2, 0.25) is 0 Å². The number of nitrogens with zero attached hydrogens (tertiary/aromatic N) is 3. The molecular weight excluding hydrogens is 246 g/mol. The van der Waals surface area contributed by atoms with Crippen LogP contribution in [0.5, 0.6) is 0 Å². The first-order chi connectivity index (χ1) is 8.60. The summed E-state index contributed by atoms with van der Waals surface area (Å²) >= 11 is 1.57. The molecule has 1 aliphatic rings. The highest BCUT2D eigenvalue weighted by atomic mass is 32.1. The van der Waals surface area contributed by atoms with Gasteiger partial charge in [-0.15, -0.1) is 11.3 Å². The fourth-order valence-corrected chi connectivity index (χ4v) is 3.27. The zero-order valence-electron chi connectivity index (χ0n) is 11.4. The first-order valence-electron chi connectivity index (χ1n) is 6.50. The van der Waals surface area contributed by atoms with Crippen LogP contribution in [0.3, 0.4) is 0 Å². The van der Waals surface area contributed by atoms with E-state index in [1.165, 1.54) is 0 Å². The highest BCUT2D eigenvalue weighted by molar-refractivity contribution is 7.13. The van der Waals surface area contributed by atoms with Crippen LogP contribution in [0.4, 0.5) is 0 Å².